The van der Waals surface area contributed by atoms with E-state index in [9.17, 15) is 4.79 Å². The molecule has 0 unspecified atom stereocenters. The highest BCUT2D eigenvalue weighted by atomic mass is 35.5. The molecule has 0 radical (unpaired) electrons. The van der Waals surface area contributed by atoms with Crippen molar-refractivity contribution in [1.82, 2.24) is 14.8 Å². The number of hydrogen-bond donors (Lipinski definition) is 1. The van der Waals surface area contributed by atoms with Crippen molar-refractivity contribution >= 4 is 46.6 Å². The molecule has 0 fully saturated rings. The fourth-order valence-electron chi connectivity index (χ4n) is 1.76. The van der Waals surface area contributed by atoms with Crippen LogP contribution in [0.4, 0.5) is 5.69 Å². The van der Waals surface area contributed by atoms with E-state index in [0.717, 1.165) is 5.69 Å². The Balaban J connectivity index is 1.96. The minimum atomic E-state index is -0.272. The number of hydrogen-bond acceptors (Lipinski definition) is 6. The lowest BCUT2D eigenvalue weighted by Crippen LogP contribution is -2.09. The number of thioether (sulfide) groups is 1. The van der Waals surface area contributed by atoms with Gasteiger partial charge < -0.3 is 14.6 Å². The van der Waals surface area contributed by atoms with Crippen molar-refractivity contribution in [2.75, 3.05) is 17.7 Å². The highest BCUT2D eigenvalue weighted by Crippen LogP contribution is 2.26. The van der Waals surface area contributed by atoms with Crippen LogP contribution in [0, 0.1) is 0 Å². The third-order valence-corrected chi connectivity index (χ3v) is 4.47. The van der Waals surface area contributed by atoms with Crippen molar-refractivity contribution < 1.29 is 9.53 Å². The second-order valence-electron chi connectivity index (χ2n) is 4.53. The Morgan fingerprint density at radius 1 is 1.39 bits per heavy atom. The lowest BCUT2D eigenvalue weighted by atomic mass is 10.3. The summed E-state index contributed by atoms with van der Waals surface area (Å²) in [6.45, 7) is 2.58. The number of benzene rings is 1. The molecule has 0 atom stereocenters. The van der Waals surface area contributed by atoms with Crippen molar-refractivity contribution in [1.29, 1.82) is 0 Å². The van der Waals surface area contributed by atoms with Gasteiger partial charge in [0, 0.05) is 12.1 Å². The molecule has 0 saturated heterocycles. The van der Waals surface area contributed by atoms with Gasteiger partial charge in [0.1, 0.15) is 0 Å². The Morgan fingerprint density at radius 2 is 2.17 bits per heavy atom. The van der Waals surface area contributed by atoms with E-state index < -0.39 is 0 Å². The van der Waals surface area contributed by atoms with Crippen molar-refractivity contribution in [2.45, 2.75) is 18.6 Å². The quantitative estimate of drug-likeness (QED) is 0.591. The molecule has 124 valence electrons. The average Bonchev–Trinajstić information content (AvgIpc) is 2.87. The SMILES string of the molecule is CCOC(=O)CSc1nnc(CNc2cc(Cl)ccc2Cl)n1C. The van der Waals surface area contributed by atoms with E-state index in [1.807, 2.05) is 11.6 Å². The van der Waals surface area contributed by atoms with E-state index in [-0.39, 0.29) is 11.7 Å². The Labute approximate surface area is 148 Å². The predicted molar refractivity (Wildman–Crippen MR) is 92.1 cm³/mol. The van der Waals surface area contributed by atoms with Crippen molar-refractivity contribution in [3.63, 3.8) is 0 Å². The fourth-order valence-corrected chi connectivity index (χ4v) is 2.84. The first kappa shape index (κ1) is 17.9. The summed E-state index contributed by atoms with van der Waals surface area (Å²) >= 11 is 13.3. The zero-order valence-corrected chi connectivity index (χ0v) is 15.0. The summed E-state index contributed by atoms with van der Waals surface area (Å²) in [7, 11) is 1.84. The van der Waals surface area contributed by atoms with Crippen LogP contribution < -0.4 is 5.32 Å². The Morgan fingerprint density at radius 3 is 2.91 bits per heavy atom. The third kappa shape index (κ3) is 5.02. The molecule has 1 N–H and O–H groups in total. The molecule has 9 heteroatoms. The summed E-state index contributed by atoms with van der Waals surface area (Å²) in [6.07, 6.45) is 0. The molecule has 1 aromatic heterocycles. The van der Waals surface area contributed by atoms with Crippen molar-refractivity contribution in [3.8, 4) is 0 Å². The largest absolute Gasteiger partial charge is 0.465 e. The molecule has 1 aromatic carbocycles. The Kier molecular flexibility index (Phi) is 6.56. The van der Waals surface area contributed by atoms with Gasteiger partial charge in [0.15, 0.2) is 11.0 Å². The van der Waals surface area contributed by atoms with Gasteiger partial charge in [-0.15, -0.1) is 10.2 Å². The molecular weight excluding hydrogens is 359 g/mol. The molecule has 0 aliphatic heterocycles. The van der Waals surface area contributed by atoms with Gasteiger partial charge in [0.2, 0.25) is 0 Å². The van der Waals surface area contributed by atoms with Crippen LogP contribution in [-0.2, 0) is 23.1 Å². The van der Waals surface area contributed by atoms with E-state index in [1.165, 1.54) is 11.8 Å². The molecule has 6 nitrogen and oxygen atoms in total. The van der Waals surface area contributed by atoms with Crippen molar-refractivity contribution in [2.24, 2.45) is 7.05 Å². The molecule has 1 heterocycles. The Bertz CT molecular complexity index is 693. The number of nitrogens with one attached hydrogen (secondary N) is 1. The fraction of sp³-hybridized carbons (Fsp3) is 0.357. The second kappa shape index (κ2) is 8.42. The number of ether oxygens (including phenoxy) is 1. The third-order valence-electron chi connectivity index (χ3n) is 2.91. The first-order valence-corrected chi connectivity index (χ1v) is 8.61. The van der Waals surface area contributed by atoms with Crippen LogP contribution >= 0.6 is 35.0 Å². The maximum atomic E-state index is 11.4. The number of nitrogens with zero attached hydrogens (tertiary/aromatic N) is 3. The highest BCUT2D eigenvalue weighted by Gasteiger charge is 2.12. The number of carbonyl (C=O) groups is 1. The minimum absolute atomic E-state index is 0.202. The zero-order valence-electron chi connectivity index (χ0n) is 12.7. The molecule has 2 aromatic rings. The van der Waals surface area contributed by atoms with E-state index >= 15 is 0 Å². The molecule has 0 saturated carbocycles. The normalized spacial score (nSPS) is 10.6. The van der Waals surface area contributed by atoms with Crippen molar-refractivity contribution in [3.05, 3.63) is 34.1 Å². The van der Waals surface area contributed by atoms with Crippen LogP contribution in [0.1, 0.15) is 12.7 Å². The molecule has 23 heavy (non-hydrogen) atoms. The summed E-state index contributed by atoms with van der Waals surface area (Å²) < 4.78 is 6.70. The summed E-state index contributed by atoms with van der Waals surface area (Å²) in [6, 6.07) is 5.20. The minimum Gasteiger partial charge on any atom is -0.465 e. The number of carbonyl (C=O) groups excluding carboxylic acids is 1. The maximum absolute atomic E-state index is 11.4. The lowest BCUT2D eigenvalue weighted by Gasteiger charge is -2.09. The smallest absolute Gasteiger partial charge is 0.316 e. The van der Waals surface area contributed by atoms with Gasteiger partial charge >= 0.3 is 5.97 Å². The van der Waals surface area contributed by atoms with E-state index in [2.05, 4.69) is 15.5 Å². The van der Waals surface area contributed by atoms with E-state index in [1.54, 1.807) is 25.1 Å². The molecule has 0 bridgehead atoms. The molecule has 0 amide bonds. The molecule has 0 aliphatic rings. The number of rotatable bonds is 7. The Hall–Kier alpha value is -1.44. The van der Waals surface area contributed by atoms with Crippen LogP contribution in [-0.4, -0.2) is 33.1 Å². The van der Waals surface area contributed by atoms with Gasteiger partial charge in [-0.2, -0.15) is 0 Å². The van der Waals surface area contributed by atoms with E-state index in [4.69, 9.17) is 27.9 Å². The second-order valence-corrected chi connectivity index (χ2v) is 6.32. The summed E-state index contributed by atoms with van der Waals surface area (Å²) in [4.78, 5) is 11.4. The standard InChI is InChI=1S/C14H16Cl2N4O2S/c1-3-22-13(21)8-23-14-19-18-12(20(14)2)7-17-11-6-9(15)4-5-10(11)16/h4-6,17H,3,7-8H2,1-2H3. The number of anilines is 1. The molecular formula is C14H16Cl2N4O2S. The summed E-state index contributed by atoms with van der Waals surface area (Å²) in [5, 5.41) is 13.2. The number of esters is 1. The maximum Gasteiger partial charge on any atom is 0.316 e. The average molecular weight is 375 g/mol. The molecule has 0 spiro atoms. The van der Waals surface area contributed by atoms with Crippen LogP contribution in [0.3, 0.4) is 0 Å². The van der Waals surface area contributed by atoms with Crippen LogP contribution in [0.15, 0.2) is 23.4 Å². The van der Waals surface area contributed by atoms with Gasteiger partial charge in [-0.25, -0.2) is 0 Å². The molecule has 2 rings (SSSR count). The molecule has 0 aliphatic carbocycles. The van der Waals surface area contributed by atoms with Crippen LogP contribution in [0.2, 0.25) is 10.0 Å². The van der Waals surface area contributed by atoms with Crippen LogP contribution in [0.25, 0.3) is 0 Å². The van der Waals surface area contributed by atoms with Gasteiger partial charge in [-0.05, 0) is 25.1 Å². The zero-order chi connectivity index (χ0) is 16.8. The summed E-state index contributed by atoms with van der Waals surface area (Å²) in [5.41, 5.74) is 0.725. The predicted octanol–water partition coefficient (Wildman–Crippen LogP) is 3.39. The monoisotopic (exact) mass is 374 g/mol. The van der Waals surface area contributed by atoms with E-state index in [0.29, 0.717) is 34.2 Å². The van der Waals surface area contributed by atoms with Gasteiger partial charge in [0.25, 0.3) is 0 Å². The van der Waals surface area contributed by atoms with Gasteiger partial charge in [-0.1, -0.05) is 35.0 Å². The highest BCUT2D eigenvalue weighted by molar-refractivity contribution is 7.99. The first-order valence-electron chi connectivity index (χ1n) is 6.87. The van der Waals surface area contributed by atoms with Gasteiger partial charge in [-0.3, -0.25) is 4.79 Å². The lowest BCUT2D eigenvalue weighted by molar-refractivity contribution is -0.139. The number of aromatic nitrogens is 3. The summed E-state index contributed by atoms with van der Waals surface area (Å²) in [5.74, 6) is 0.645. The number of halogens is 2. The van der Waals surface area contributed by atoms with Gasteiger partial charge in [0.05, 0.1) is 29.6 Å². The first-order chi connectivity index (χ1) is 11.0. The van der Waals surface area contributed by atoms with Crippen LogP contribution in [0.5, 0.6) is 0 Å². The topological polar surface area (TPSA) is 69.0 Å².